The number of benzene rings is 2. The molecule has 0 aliphatic carbocycles. The molecule has 8 nitrogen and oxygen atoms in total. The maximum Gasteiger partial charge on any atom is 0.157 e. The van der Waals surface area contributed by atoms with Gasteiger partial charge in [0.15, 0.2) is 5.82 Å². The molecule has 0 spiro atoms. The first-order chi connectivity index (χ1) is 16.6. The van der Waals surface area contributed by atoms with Crippen LogP contribution in [0.5, 0.6) is 0 Å². The molecule has 0 unspecified atom stereocenters. The number of anilines is 1. The van der Waals surface area contributed by atoms with Crippen LogP contribution >= 0.6 is 0 Å². The number of imidazole rings is 1. The SMILES string of the molecule is CCc1nc2c(-c3ncn[nH]3)cc(-c3ccnc(N)c3)cc2n1-c1ccnc2cccc(F)c12. The maximum atomic E-state index is 15.0. The molecule has 0 atom stereocenters. The van der Waals surface area contributed by atoms with Crippen molar-refractivity contribution in [1.82, 2.24) is 34.7 Å². The summed E-state index contributed by atoms with van der Waals surface area (Å²) in [4.78, 5) is 17.8. The minimum Gasteiger partial charge on any atom is -0.384 e. The fraction of sp³-hybridized carbons (Fsp3) is 0.0800. The predicted molar refractivity (Wildman–Crippen MR) is 129 cm³/mol. The Morgan fingerprint density at radius 1 is 1.00 bits per heavy atom. The Morgan fingerprint density at radius 3 is 2.68 bits per heavy atom. The summed E-state index contributed by atoms with van der Waals surface area (Å²) in [5, 5.41) is 7.41. The van der Waals surface area contributed by atoms with Gasteiger partial charge in [-0.25, -0.2) is 19.3 Å². The second-order valence-corrected chi connectivity index (χ2v) is 7.88. The van der Waals surface area contributed by atoms with E-state index in [1.807, 2.05) is 41.8 Å². The molecule has 4 aromatic heterocycles. The minimum absolute atomic E-state index is 0.335. The lowest BCUT2D eigenvalue weighted by atomic mass is 10.0. The van der Waals surface area contributed by atoms with Gasteiger partial charge in [-0.05, 0) is 53.6 Å². The summed E-state index contributed by atoms with van der Waals surface area (Å²) in [5.74, 6) is 1.46. The van der Waals surface area contributed by atoms with Gasteiger partial charge in [0.1, 0.15) is 29.3 Å². The highest BCUT2D eigenvalue weighted by Crippen LogP contribution is 2.36. The van der Waals surface area contributed by atoms with Crippen LogP contribution in [-0.4, -0.2) is 34.7 Å². The van der Waals surface area contributed by atoms with E-state index in [4.69, 9.17) is 10.7 Å². The van der Waals surface area contributed by atoms with Gasteiger partial charge in [-0.15, -0.1) is 0 Å². The van der Waals surface area contributed by atoms with Crippen molar-refractivity contribution in [3.63, 3.8) is 0 Å². The zero-order valence-corrected chi connectivity index (χ0v) is 18.2. The number of nitrogen functional groups attached to an aromatic ring is 1. The van der Waals surface area contributed by atoms with Gasteiger partial charge in [-0.2, -0.15) is 5.10 Å². The molecule has 9 heteroatoms. The topological polar surface area (TPSA) is 111 Å². The standard InChI is InChI=1S/C25H19FN8/c1-2-22-32-24-16(25-30-13-31-33-25)10-15(14-6-8-29-21(27)12-14)11-20(24)34(22)19-7-9-28-18-5-3-4-17(26)23(18)19/h3-13H,2H2,1H3,(H2,27,29)(H,30,31,33). The van der Waals surface area contributed by atoms with E-state index in [1.54, 1.807) is 24.5 Å². The van der Waals surface area contributed by atoms with E-state index in [1.165, 1.54) is 12.4 Å². The molecule has 0 aliphatic rings. The van der Waals surface area contributed by atoms with E-state index in [9.17, 15) is 0 Å². The Morgan fingerprint density at radius 2 is 1.88 bits per heavy atom. The first-order valence-electron chi connectivity index (χ1n) is 10.8. The van der Waals surface area contributed by atoms with Crippen LogP contribution in [0.2, 0.25) is 0 Å². The third-order valence-electron chi connectivity index (χ3n) is 5.87. The largest absolute Gasteiger partial charge is 0.384 e. The van der Waals surface area contributed by atoms with E-state index >= 15 is 4.39 Å². The van der Waals surface area contributed by atoms with Gasteiger partial charge in [-0.1, -0.05) is 13.0 Å². The van der Waals surface area contributed by atoms with E-state index in [0.717, 1.165) is 33.5 Å². The molecular formula is C25H19FN8. The molecule has 0 aliphatic heterocycles. The van der Waals surface area contributed by atoms with Crippen molar-refractivity contribution in [2.75, 3.05) is 5.73 Å². The van der Waals surface area contributed by atoms with Gasteiger partial charge in [-0.3, -0.25) is 14.6 Å². The summed E-state index contributed by atoms with van der Waals surface area (Å²) in [5.41, 5.74) is 11.3. The number of aromatic amines is 1. The van der Waals surface area contributed by atoms with Gasteiger partial charge >= 0.3 is 0 Å². The number of aryl methyl sites for hydroxylation is 1. The third kappa shape index (κ3) is 3.09. The second-order valence-electron chi connectivity index (χ2n) is 7.88. The Hall–Kier alpha value is -4.66. The molecule has 6 aromatic rings. The van der Waals surface area contributed by atoms with Crippen LogP contribution in [0.3, 0.4) is 0 Å². The van der Waals surface area contributed by atoms with Crippen molar-refractivity contribution >= 4 is 27.8 Å². The number of hydrogen-bond acceptors (Lipinski definition) is 6. The van der Waals surface area contributed by atoms with E-state index in [2.05, 4.69) is 25.1 Å². The van der Waals surface area contributed by atoms with E-state index < -0.39 is 0 Å². The highest BCUT2D eigenvalue weighted by atomic mass is 19.1. The number of nitrogens with one attached hydrogen (secondary N) is 1. The van der Waals surface area contributed by atoms with E-state index in [-0.39, 0.29) is 5.82 Å². The predicted octanol–water partition coefficient (Wildman–Crippen LogP) is 4.70. The van der Waals surface area contributed by atoms with Crippen LogP contribution in [0.15, 0.2) is 67.3 Å². The zero-order chi connectivity index (χ0) is 23.2. The highest BCUT2D eigenvalue weighted by molar-refractivity contribution is 5.98. The lowest BCUT2D eigenvalue weighted by molar-refractivity contribution is 0.639. The van der Waals surface area contributed by atoms with Crippen molar-refractivity contribution < 1.29 is 4.39 Å². The zero-order valence-electron chi connectivity index (χ0n) is 18.2. The number of nitrogens with zero attached hydrogens (tertiary/aromatic N) is 6. The van der Waals surface area contributed by atoms with E-state index in [0.29, 0.717) is 34.7 Å². The summed E-state index contributed by atoms with van der Waals surface area (Å²) in [7, 11) is 0. The molecule has 4 heterocycles. The number of halogens is 1. The monoisotopic (exact) mass is 450 g/mol. The smallest absolute Gasteiger partial charge is 0.157 e. The molecule has 0 radical (unpaired) electrons. The minimum atomic E-state index is -0.335. The molecule has 6 rings (SSSR count). The van der Waals surface area contributed by atoms with Crippen LogP contribution < -0.4 is 5.73 Å². The first kappa shape index (κ1) is 20.0. The quantitative estimate of drug-likeness (QED) is 0.403. The van der Waals surface area contributed by atoms with Gasteiger partial charge in [0, 0.05) is 24.4 Å². The normalized spacial score (nSPS) is 11.5. The van der Waals surface area contributed by atoms with Crippen LogP contribution in [-0.2, 0) is 6.42 Å². The first-order valence-corrected chi connectivity index (χ1v) is 10.8. The van der Waals surface area contributed by atoms with Crippen molar-refractivity contribution in [3.05, 3.63) is 78.9 Å². The fourth-order valence-corrected chi connectivity index (χ4v) is 4.37. The lowest BCUT2D eigenvalue weighted by Gasteiger charge is -2.13. The number of hydrogen-bond donors (Lipinski definition) is 2. The van der Waals surface area contributed by atoms with Gasteiger partial charge in [0.25, 0.3) is 0 Å². The van der Waals surface area contributed by atoms with Crippen LogP contribution in [0.4, 0.5) is 10.2 Å². The summed E-state index contributed by atoms with van der Waals surface area (Å²) in [6.45, 7) is 2.02. The number of rotatable bonds is 4. The number of H-pyrrole nitrogens is 1. The van der Waals surface area contributed by atoms with Crippen molar-refractivity contribution in [2.45, 2.75) is 13.3 Å². The molecule has 166 valence electrons. The molecule has 3 N–H and O–H groups in total. The second kappa shape index (κ2) is 7.73. The van der Waals surface area contributed by atoms with Gasteiger partial charge < -0.3 is 5.73 Å². The Kier molecular flexibility index (Phi) is 4.54. The lowest BCUT2D eigenvalue weighted by Crippen LogP contribution is -2.02. The average Bonchev–Trinajstić information content (AvgIpc) is 3.51. The maximum absolute atomic E-state index is 15.0. The molecule has 2 aromatic carbocycles. The molecule has 34 heavy (non-hydrogen) atoms. The summed E-state index contributed by atoms with van der Waals surface area (Å²) >= 11 is 0. The van der Waals surface area contributed by atoms with Crippen LogP contribution in [0.1, 0.15) is 12.7 Å². The van der Waals surface area contributed by atoms with Crippen molar-refractivity contribution in [1.29, 1.82) is 0 Å². The number of nitrogens with two attached hydrogens (primary N) is 1. The molecule has 0 saturated heterocycles. The third-order valence-corrected chi connectivity index (χ3v) is 5.87. The molecular weight excluding hydrogens is 431 g/mol. The summed E-state index contributed by atoms with van der Waals surface area (Å²) < 4.78 is 17.0. The number of fused-ring (bicyclic) bond motifs is 2. The number of aromatic nitrogens is 7. The highest BCUT2D eigenvalue weighted by Gasteiger charge is 2.21. The molecule has 0 fully saturated rings. The van der Waals surface area contributed by atoms with Crippen LogP contribution in [0.25, 0.3) is 50.1 Å². The molecule has 0 amide bonds. The molecule has 0 bridgehead atoms. The Labute approximate surface area is 193 Å². The Bertz CT molecular complexity index is 1670. The summed E-state index contributed by atoms with van der Waals surface area (Å²) in [6, 6.07) is 14.5. The summed E-state index contributed by atoms with van der Waals surface area (Å²) in [6.07, 6.45) is 5.46. The van der Waals surface area contributed by atoms with Crippen molar-refractivity contribution in [2.24, 2.45) is 0 Å². The van der Waals surface area contributed by atoms with Gasteiger partial charge in [0.2, 0.25) is 0 Å². The van der Waals surface area contributed by atoms with Crippen molar-refractivity contribution in [3.8, 4) is 28.2 Å². The molecule has 0 saturated carbocycles. The average molecular weight is 450 g/mol. The fourth-order valence-electron chi connectivity index (χ4n) is 4.37. The Balaban J connectivity index is 1.75. The van der Waals surface area contributed by atoms with Gasteiger partial charge in [0.05, 0.1) is 22.1 Å². The van der Waals surface area contributed by atoms with Crippen LogP contribution in [0, 0.1) is 5.82 Å². The number of pyridine rings is 2.